The summed E-state index contributed by atoms with van der Waals surface area (Å²) < 4.78 is 24.4. The molecule has 3 nitrogen and oxygen atoms in total. The molecule has 0 spiro atoms. The Morgan fingerprint density at radius 3 is 2.69 bits per heavy atom. The number of hydrogen-bond acceptors (Lipinski definition) is 3. The van der Waals surface area contributed by atoms with Crippen molar-refractivity contribution in [3.8, 4) is 11.8 Å². The molecular formula is C7H3BrF2N2O. The second-order valence-corrected chi connectivity index (χ2v) is 2.98. The molecule has 1 rings (SSSR count). The molecule has 13 heavy (non-hydrogen) atoms. The van der Waals surface area contributed by atoms with Crippen LogP contribution in [-0.2, 0) is 0 Å². The van der Waals surface area contributed by atoms with E-state index in [9.17, 15) is 8.78 Å². The zero-order valence-electron chi connectivity index (χ0n) is 6.13. The van der Waals surface area contributed by atoms with Gasteiger partial charge in [0.05, 0.1) is 4.47 Å². The monoisotopic (exact) mass is 248 g/mol. The van der Waals surface area contributed by atoms with Gasteiger partial charge in [-0.1, -0.05) is 0 Å². The van der Waals surface area contributed by atoms with Gasteiger partial charge in [-0.15, -0.1) is 0 Å². The third-order valence-electron chi connectivity index (χ3n) is 1.35. The Morgan fingerprint density at radius 1 is 1.62 bits per heavy atom. The third-order valence-corrected chi connectivity index (χ3v) is 1.95. The molecule has 0 aromatic carbocycles. The number of aromatic nitrogens is 1. The molecular weight excluding hydrogens is 246 g/mol. The zero-order chi connectivity index (χ0) is 10.0. The minimum absolute atomic E-state index is 0.192. The predicted octanol–water partition coefficient (Wildman–Crippen LogP) is 2.36. The van der Waals surface area contributed by atoms with Crippen molar-refractivity contribution >= 4 is 15.9 Å². The molecule has 0 aliphatic carbocycles. The first-order valence-corrected chi connectivity index (χ1v) is 3.92. The Morgan fingerprint density at radius 2 is 2.23 bits per heavy atom. The maximum atomic E-state index is 12.1. The molecule has 68 valence electrons. The molecule has 0 saturated heterocycles. The number of aromatic hydroxyl groups is 1. The summed E-state index contributed by atoms with van der Waals surface area (Å²) in [5, 5.41) is 17.6. The molecule has 0 radical (unpaired) electrons. The van der Waals surface area contributed by atoms with Crippen molar-refractivity contribution in [3.05, 3.63) is 21.9 Å². The van der Waals surface area contributed by atoms with Crippen molar-refractivity contribution in [3.63, 3.8) is 0 Å². The average molecular weight is 249 g/mol. The van der Waals surface area contributed by atoms with Crippen LogP contribution in [0.2, 0.25) is 0 Å². The predicted molar refractivity (Wildman–Crippen MR) is 43.3 cm³/mol. The van der Waals surface area contributed by atoms with E-state index in [2.05, 4.69) is 20.9 Å². The van der Waals surface area contributed by atoms with Crippen molar-refractivity contribution in [1.29, 1.82) is 5.26 Å². The van der Waals surface area contributed by atoms with Crippen LogP contribution in [-0.4, -0.2) is 10.1 Å². The Labute approximate surface area is 80.8 Å². The molecule has 0 fully saturated rings. The molecule has 0 saturated carbocycles. The minimum atomic E-state index is -2.89. The van der Waals surface area contributed by atoms with Gasteiger partial charge < -0.3 is 5.11 Å². The van der Waals surface area contributed by atoms with Crippen LogP contribution < -0.4 is 0 Å². The summed E-state index contributed by atoms with van der Waals surface area (Å²) in [5.74, 6) is -0.771. The Kier molecular flexibility index (Phi) is 2.78. The summed E-state index contributed by atoms with van der Waals surface area (Å²) >= 11 is 2.90. The van der Waals surface area contributed by atoms with E-state index in [4.69, 9.17) is 10.4 Å². The summed E-state index contributed by atoms with van der Waals surface area (Å²) in [4.78, 5) is 3.29. The molecule has 0 aliphatic heterocycles. The van der Waals surface area contributed by atoms with Crippen LogP contribution in [0.3, 0.4) is 0 Å². The van der Waals surface area contributed by atoms with Gasteiger partial charge in [0.1, 0.15) is 17.3 Å². The van der Waals surface area contributed by atoms with Crippen LogP contribution in [0.25, 0.3) is 0 Å². The molecule has 0 atom stereocenters. The quantitative estimate of drug-likeness (QED) is 0.830. The average Bonchev–Trinajstić information content (AvgIpc) is 2.04. The first kappa shape index (κ1) is 9.86. The smallest absolute Gasteiger partial charge is 0.284 e. The van der Waals surface area contributed by atoms with E-state index in [-0.39, 0.29) is 10.0 Å². The van der Waals surface area contributed by atoms with Gasteiger partial charge in [-0.2, -0.15) is 5.26 Å². The number of nitrogens with zero attached hydrogens (tertiary/aromatic N) is 2. The van der Waals surface area contributed by atoms with Crippen molar-refractivity contribution in [1.82, 2.24) is 4.98 Å². The fourth-order valence-electron chi connectivity index (χ4n) is 0.759. The van der Waals surface area contributed by atoms with Gasteiger partial charge in [-0.3, -0.25) is 4.98 Å². The van der Waals surface area contributed by atoms with Crippen LogP contribution in [0.5, 0.6) is 5.75 Å². The summed E-state index contributed by atoms with van der Waals surface area (Å²) in [6.07, 6.45) is -1.83. The van der Waals surface area contributed by atoms with Crippen molar-refractivity contribution in [2.45, 2.75) is 6.43 Å². The topological polar surface area (TPSA) is 56.9 Å². The zero-order valence-corrected chi connectivity index (χ0v) is 7.72. The van der Waals surface area contributed by atoms with Crippen molar-refractivity contribution in [2.75, 3.05) is 0 Å². The lowest BCUT2D eigenvalue weighted by Crippen LogP contribution is -1.93. The van der Waals surface area contributed by atoms with Gasteiger partial charge >= 0.3 is 0 Å². The van der Waals surface area contributed by atoms with Crippen LogP contribution in [0.1, 0.15) is 17.7 Å². The minimum Gasteiger partial charge on any atom is -0.505 e. The van der Waals surface area contributed by atoms with E-state index in [1.54, 1.807) is 6.07 Å². The first-order valence-electron chi connectivity index (χ1n) is 3.13. The summed E-state index contributed by atoms with van der Waals surface area (Å²) in [6, 6.07) is 1.59. The second-order valence-electron chi connectivity index (χ2n) is 2.13. The summed E-state index contributed by atoms with van der Waals surface area (Å²) in [6.45, 7) is 0. The number of hydrogen-bond donors (Lipinski definition) is 1. The van der Waals surface area contributed by atoms with Crippen LogP contribution in [0.15, 0.2) is 10.7 Å². The van der Waals surface area contributed by atoms with E-state index in [1.165, 1.54) is 0 Å². The number of rotatable bonds is 1. The number of alkyl halides is 2. The van der Waals surface area contributed by atoms with E-state index >= 15 is 0 Å². The highest BCUT2D eigenvalue weighted by Crippen LogP contribution is 2.32. The lowest BCUT2D eigenvalue weighted by Gasteiger charge is -2.04. The lowest BCUT2D eigenvalue weighted by molar-refractivity contribution is 0.141. The van der Waals surface area contributed by atoms with Crippen LogP contribution in [0, 0.1) is 11.3 Å². The Hall–Kier alpha value is -1.22. The standard InChI is InChI=1S/C7H3BrF2N2O/c8-4-2-12-5(7(9)10)6(13)3(4)1-11/h2,7,13H. The largest absolute Gasteiger partial charge is 0.505 e. The number of pyridine rings is 1. The number of nitriles is 1. The Balaban J connectivity index is 3.38. The normalized spacial score (nSPS) is 10.1. The van der Waals surface area contributed by atoms with E-state index in [0.717, 1.165) is 6.20 Å². The lowest BCUT2D eigenvalue weighted by atomic mass is 10.2. The van der Waals surface area contributed by atoms with E-state index in [1.807, 2.05) is 0 Å². The Bertz CT molecular complexity index is 375. The van der Waals surface area contributed by atoms with Crippen molar-refractivity contribution < 1.29 is 13.9 Å². The molecule has 0 unspecified atom stereocenters. The summed E-state index contributed by atoms with van der Waals surface area (Å²) in [5.41, 5.74) is -1.01. The van der Waals surface area contributed by atoms with Gasteiger partial charge in [0.25, 0.3) is 6.43 Å². The van der Waals surface area contributed by atoms with E-state index < -0.39 is 17.9 Å². The second kappa shape index (κ2) is 3.66. The highest BCUT2D eigenvalue weighted by atomic mass is 79.9. The molecule has 1 aromatic rings. The highest BCUT2D eigenvalue weighted by Gasteiger charge is 2.19. The molecule has 6 heteroatoms. The SMILES string of the molecule is N#Cc1c(Br)cnc(C(F)F)c1O. The third kappa shape index (κ3) is 1.75. The van der Waals surface area contributed by atoms with Crippen LogP contribution in [0.4, 0.5) is 8.78 Å². The van der Waals surface area contributed by atoms with Crippen molar-refractivity contribution in [2.24, 2.45) is 0 Å². The highest BCUT2D eigenvalue weighted by molar-refractivity contribution is 9.10. The molecule has 0 amide bonds. The maximum Gasteiger partial charge on any atom is 0.284 e. The fourth-order valence-corrected chi connectivity index (χ4v) is 1.14. The molecule has 0 aliphatic rings. The van der Waals surface area contributed by atoms with Gasteiger partial charge in [-0.05, 0) is 15.9 Å². The van der Waals surface area contributed by atoms with Crippen LogP contribution >= 0.6 is 15.9 Å². The van der Waals surface area contributed by atoms with E-state index in [0.29, 0.717) is 0 Å². The fraction of sp³-hybridized carbons (Fsp3) is 0.143. The molecule has 1 heterocycles. The van der Waals surface area contributed by atoms with Gasteiger partial charge in [-0.25, -0.2) is 8.78 Å². The van der Waals surface area contributed by atoms with Gasteiger partial charge in [0.15, 0.2) is 5.75 Å². The van der Waals surface area contributed by atoms with Gasteiger partial charge in [0.2, 0.25) is 0 Å². The number of halogens is 3. The van der Waals surface area contributed by atoms with Gasteiger partial charge in [0, 0.05) is 6.20 Å². The maximum absolute atomic E-state index is 12.1. The molecule has 1 aromatic heterocycles. The summed E-state index contributed by atoms with van der Waals surface area (Å²) in [7, 11) is 0. The molecule has 1 N–H and O–H groups in total. The first-order chi connectivity index (χ1) is 6.07. The molecule has 0 bridgehead atoms.